The van der Waals surface area contributed by atoms with E-state index in [2.05, 4.69) is 15.8 Å². The first-order valence-corrected chi connectivity index (χ1v) is 8.59. The van der Waals surface area contributed by atoms with Crippen molar-refractivity contribution in [2.24, 2.45) is 0 Å². The SMILES string of the molecule is CCCCC(=O)Nc1ccc(C)cc1NC(=O)c1cc(C(C)C)on1. The van der Waals surface area contributed by atoms with Crippen LogP contribution >= 0.6 is 0 Å². The van der Waals surface area contributed by atoms with Gasteiger partial charge in [0, 0.05) is 18.4 Å². The van der Waals surface area contributed by atoms with Crippen LogP contribution in [0.1, 0.15) is 67.8 Å². The fraction of sp³-hybridized carbons (Fsp3) is 0.421. The molecule has 0 atom stereocenters. The lowest BCUT2D eigenvalue weighted by molar-refractivity contribution is -0.116. The molecule has 0 spiro atoms. The Kier molecular flexibility index (Phi) is 6.33. The molecule has 0 fully saturated rings. The molecule has 1 aromatic carbocycles. The number of unbranched alkanes of at least 4 members (excludes halogenated alkanes) is 1. The predicted molar refractivity (Wildman–Crippen MR) is 97.9 cm³/mol. The van der Waals surface area contributed by atoms with Gasteiger partial charge in [-0.3, -0.25) is 9.59 Å². The zero-order valence-corrected chi connectivity index (χ0v) is 15.2. The van der Waals surface area contributed by atoms with Gasteiger partial charge in [-0.25, -0.2) is 0 Å². The van der Waals surface area contributed by atoms with Crippen LogP contribution in [0, 0.1) is 6.92 Å². The van der Waals surface area contributed by atoms with Gasteiger partial charge >= 0.3 is 0 Å². The second-order valence-corrected chi connectivity index (χ2v) is 6.42. The van der Waals surface area contributed by atoms with Crippen LogP contribution in [0.3, 0.4) is 0 Å². The Morgan fingerprint density at radius 3 is 2.56 bits per heavy atom. The summed E-state index contributed by atoms with van der Waals surface area (Å²) in [7, 11) is 0. The quantitative estimate of drug-likeness (QED) is 0.776. The van der Waals surface area contributed by atoms with Crippen molar-refractivity contribution >= 4 is 23.2 Å². The number of carbonyl (C=O) groups excluding carboxylic acids is 2. The second kappa shape index (κ2) is 8.46. The van der Waals surface area contributed by atoms with Crippen molar-refractivity contribution in [2.75, 3.05) is 10.6 Å². The van der Waals surface area contributed by atoms with E-state index in [-0.39, 0.29) is 23.4 Å². The van der Waals surface area contributed by atoms with Gasteiger partial charge in [0.15, 0.2) is 5.69 Å². The number of benzene rings is 1. The van der Waals surface area contributed by atoms with Gasteiger partial charge in [-0.1, -0.05) is 38.4 Å². The van der Waals surface area contributed by atoms with E-state index in [1.165, 1.54) is 0 Å². The largest absolute Gasteiger partial charge is 0.360 e. The summed E-state index contributed by atoms with van der Waals surface area (Å²) in [6.07, 6.45) is 2.24. The van der Waals surface area contributed by atoms with E-state index >= 15 is 0 Å². The summed E-state index contributed by atoms with van der Waals surface area (Å²) < 4.78 is 5.17. The van der Waals surface area contributed by atoms with E-state index in [0.29, 0.717) is 23.6 Å². The average Bonchev–Trinajstić information content (AvgIpc) is 3.06. The Labute approximate surface area is 148 Å². The number of nitrogens with zero attached hydrogens (tertiary/aromatic N) is 1. The van der Waals surface area contributed by atoms with Crippen LogP contribution < -0.4 is 10.6 Å². The third kappa shape index (κ3) is 5.17. The summed E-state index contributed by atoms with van der Waals surface area (Å²) in [5, 5.41) is 9.47. The molecule has 0 aliphatic heterocycles. The van der Waals surface area contributed by atoms with Crippen LogP contribution in [-0.2, 0) is 4.79 Å². The fourth-order valence-corrected chi connectivity index (χ4v) is 2.28. The number of hydrogen-bond donors (Lipinski definition) is 2. The van der Waals surface area contributed by atoms with Crippen molar-refractivity contribution in [3.05, 3.63) is 41.3 Å². The Balaban J connectivity index is 2.15. The maximum atomic E-state index is 12.4. The first-order valence-electron chi connectivity index (χ1n) is 8.59. The molecule has 2 rings (SSSR count). The molecule has 1 heterocycles. The van der Waals surface area contributed by atoms with Crippen molar-refractivity contribution < 1.29 is 14.1 Å². The van der Waals surface area contributed by atoms with Gasteiger partial charge in [-0.05, 0) is 31.0 Å². The molecule has 2 amide bonds. The van der Waals surface area contributed by atoms with Crippen LogP contribution in [0.15, 0.2) is 28.8 Å². The number of hydrogen-bond acceptors (Lipinski definition) is 4. The highest BCUT2D eigenvalue weighted by molar-refractivity contribution is 6.06. The normalized spacial score (nSPS) is 10.8. The van der Waals surface area contributed by atoms with Gasteiger partial charge in [0.05, 0.1) is 11.4 Å². The maximum Gasteiger partial charge on any atom is 0.277 e. The van der Waals surface area contributed by atoms with Crippen LogP contribution in [-0.4, -0.2) is 17.0 Å². The minimum absolute atomic E-state index is 0.0651. The van der Waals surface area contributed by atoms with Gasteiger partial charge in [0.1, 0.15) is 5.76 Å². The van der Waals surface area contributed by atoms with Crippen molar-refractivity contribution in [3.63, 3.8) is 0 Å². The van der Waals surface area contributed by atoms with Gasteiger partial charge in [0.25, 0.3) is 5.91 Å². The molecular weight excluding hydrogens is 318 g/mol. The lowest BCUT2D eigenvalue weighted by Gasteiger charge is -2.12. The highest BCUT2D eigenvalue weighted by Gasteiger charge is 2.16. The van der Waals surface area contributed by atoms with Crippen molar-refractivity contribution in [1.82, 2.24) is 5.16 Å². The highest BCUT2D eigenvalue weighted by Crippen LogP contribution is 2.24. The molecule has 6 heteroatoms. The molecular formula is C19H25N3O3. The van der Waals surface area contributed by atoms with Crippen molar-refractivity contribution in [1.29, 1.82) is 0 Å². The average molecular weight is 343 g/mol. The Bertz CT molecular complexity index is 750. The van der Waals surface area contributed by atoms with Crippen molar-refractivity contribution in [3.8, 4) is 0 Å². The molecule has 25 heavy (non-hydrogen) atoms. The number of carbonyl (C=O) groups is 2. The number of nitrogens with one attached hydrogen (secondary N) is 2. The van der Waals surface area contributed by atoms with Gasteiger partial charge in [0.2, 0.25) is 5.91 Å². The summed E-state index contributed by atoms with van der Waals surface area (Å²) >= 11 is 0. The highest BCUT2D eigenvalue weighted by atomic mass is 16.5. The zero-order valence-electron chi connectivity index (χ0n) is 15.2. The molecule has 0 bridgehead atoms. The summed E-state index contributed by atoms with van der Waals surface area (Å²) in [6.45, 7) is 7.89. The summed E-state index contributed by atoms with van der Waals surface area (Å²) in [5.41, 5.74) is 2.31. The summed E-state index contributed by atoms with van der Waals surface area (Å²) in [6, 6.07) is 7.13. The molecule has 134 valence electrons. The molecule has 6 nitrogen and oxygen atoms in total. The van der Waals surface area contributed by atoms with Gasteiger partial charge in [-0.2, -0.15) is 0 Å². The van der Waals surface area contributed by atoms with Gasteiger partial charge < -0.3 is 15.2 Å². The molecule has 0 aliphatic rings. The predicted octanol–water partition coefficient (Wildman–Crippen LogP) is 4.49. The zero-order chi connectivity index (χ0) is 18.4. The number of amides is 2. The molecule has 2 aromatic rings. The van der Waals surface area contributed by atoms with E-state index in [1.54, 1.807) is 12.1 Å². The third-order valence-corrected chi connectivity index (χ3v) is 3.78. The molecule has 0 radical (unpaired) electrons. The molecule has 0 saturated heterocycles. The summed E-state index contributed by atoms with van der Waals surface area (Å²) in [5.74, 6) is 0.374. The lowest BCUT2D eigenvalue weighted by Crippen LogP contribution is -2.17. The minimum atomic E-state index is -0.370. The van der Waals surface area contributed by atoms with E-state index in [1.807, 2.05) is 39.8 Å². The lowest BCUT2D eigenvalue weighted by atomic mass is 10.1. The van der Waals surface area contributed by atoms with Crippen molar-refractivity contribution in [2.45, 2.75) is 52.9 Å². The second-order valence-electron chi connectivity index (χ2n) is 6.42. The van der Waals surface area contributed by atoms with Crippen LogP contribution in [0.4, 0.5) is 11.4 Å². The molecule has 0 aliphatic carbocycles. The fourth-order valence-electron chi connectivity index (χ4n) is 2.28. The molecule has 0 unspecified atom stereocenters. The van der Waals surface area contributed by atoms with E-state index in [4.69, 9.17) is 4.52 Å². The van der Waals surface area contributed by atoms with Crippen LogP contribution in [0.25, 0.3) is 0 Å². The smallest absolute Gasteiger partial charge is 0.277 e. The van der Waals surface area contributed by atoms with Gasteiger partial charge in [-0.15, -0.1) is 0 Å². The third-order valence-electron chi connectivity index (χ3n) is 3.78. The van der Waals surface area contributed by atoms with E-state index in [0.717, 1.165) is 18.4 Å². The Morgan fingerprint density at radius 1 is 1.16 bits per heavy atom. The minimum Gasteiger partial charge on any atom is -0.360 e. The monoisotopic (exact) mass is 343 g/mol. The Hall–Kier alpha value is -2.63. The first kappa shape index (κ1) is 18.7. The first-order chi connectivity index (χ1) is 11.9. The van der Waals surface area contributed by atoms with E-state index < -0.39 is 0 Å². The number of anilines is 2. The van der Waals surface area contributed by atoms with E-state index in [9.17, 15) is 9.59 Å². The number of aromatic nitrogens is 1. The standard InChI is InChI=1S/C19H25N3O3/c1-5-6-7-18(23)20-14-9-8-13(4)10-15(14)21-19(24)16-11-17(12(2)3)25-22-16/h8-12H,5-7H2,1-4H3,(H,20,23)(H,21,24). The van der Waals surface area contributed by atoms with Crippen LogP contribution in [0.5, 0.6) is 0 Å². The maximum absolute atomic E-state index is 12.4. The molecule has 1 aromatic heterocycles. The topological polar surface area (TPSA) is 84.2 Å². The summed E-state index contributed by atoms with van der Waals surface area (Å²) in [4.78, 5) is 24.4. The molecule has 2 N–H and O–H groups in total. The number of rotatable bonds is 7. The van der Waals surface area contributed by atoms with Crippen LogP contribution in [0.2, 0.25) is 0 Å². The molecule has 0 saturated carbocycles. The Morgan fingerprint density at radius 2 is 1.92 bits per heavy atom. The number of aryl methyl sites for hydroxylation is 1.